The Hall–Kier alpha value is -4.18. The molecule has 10 heteroatoms. The van der Waals surface area contributed by atoms with E-state index in [1.54, 1.807) is 23.1 Å². The monoisotopic (exact) mass is 446 g/mol. The lowest BCUT2D eigenvalue weighted by molar-refractivity contribution is 0.189. The Morgan fingerprint density at radius 1 is 1.00 bits per heavy atom. The van der Waals surface area contributed by atoms with E-state index < -0.39 is 11.2 Å². The first-order valence-corrected chi connectivity index (χ1v) is 10.4. The van der Waals surface area contributed by atoms with E-state index in [-0.39, 0.29) is 0 Å². The molecule has 0 radical (unpaired) electrons. The number of benzene rings is 2. The Balaban J connectivity index is 1.58. The first kappa shape index (κ1) is 20.7. The van der Waals surface area contributed by atoms with Crippen LogP contribution >= 0.6 is 0 Å². The number of imidazole rings is 1. The molecule has 1 N–H and O–H groups in total. The molecular weight excluding hydrogens is 424 g/mol. The number of methoxy groups -OCH3 is 1. The molecule has 2 aromatic carbocycles. The number of aromatic amines is 1. The Morgan fingerprint density at radius 2 is 1.76 bits per heavy atom. The summed E-state index contributed by atoms with van der Waals surface area (Å²) < 4.78 is 15.9. The fourth-order valence-corrected chi connectivity index (χ4v) is 3.86. The molecule has 0 spiro atoms. The molecule has 0 unspecified atom stereocenters. The molecule has 5 aromatic rings. The summed E-state index contributed by atoms with van der Waals surface area (Å²) in [4.78, 5) is 27.4. The minimum absolute atomic E-state index is 0.336. The van der Waals surface area contributed by atoms with E-state index in [2.05, 4.69) is 15.2 Å². The number of aryl methyl sites for hydroxylation is 1. The third kappa shape index (κ3) is 3.60. The molecule has 0 aliphatic rings. The number of hydrogen-bond donors (Lipinski definition) is 1. The van der Waals surface area contributed by atoms with Crippen LogP contribution < -0.4 is 16.0 Å². The highest BCUT2D eigenvalue weighted by molar-refractivity contribution is 5.79. The van der Waals surface area contributed by atoms with Gasteiger partial charge in [0.2, 0.25) is 5.78 Å². The largest absolute Gasteiger partial charge is 0.489 e. The number of ether oxygens (including phenoxy) is 2. The zero-order valence-corrected chi connectivity index (χ0v) is 18.2. The van der Waals surface area contributed by atoms with Gasteiger partial charge < -0.3 is 14.0 Å². The molecule has 33 heavy (non-hydrogen) atoms. The number of nitrogens with zero attached hydrogens (tertiary/aromatic N) is 5. The molecule has 168 valence electrons. The lowest BCUT2D eigenvalue weighted by Crippen LogP contribution is -2.29. The number of rotatable bonds is 7. The summed E-state index contributed by atoms with van der Waals surface area (Å²) in [6.45, 7) is 1.22. The molecule has 0 amide bonds. The topological polar surface area (TPSA) is 108 Å². The van der Waals surface area contributed by atoms with E-state index in [9.17, 15) is 9.59 Å². The molecule has 0 saturated heterocycles. The van der Waals surface area contributed by atoms with Gasteiger partial charge in [-0.3, -0.25) is 14.3 Å². The summed E-state index contributed by atoms with van der Waals surface area (Å²) >= 11 is 0. The number of hydrogen-bond acceptors (Lipinski definition) is 6. The van der Waals surface area contributed by atoms with Gasteiger partial charge in [0.05, 0.1) is 6.61 Å². The van der Waals surface area contributed by atoms with Gasteiger partial charge in [0, 0.05) is 26.3 Å². The van der Waals surface area contributed by atoms with Gasteiger partial charge in [-0.2, -0.15) is 0 Å². The summed E-state index contributed by atoms with van der Waals surface area (Å²) in [5.41, 5.74) is 1.61. The molecule has 0 bridgehead atoms. The second kappa shape index (κ2) is 8.40. The van der Waals surface area contributed by atoms with Crippen molar-refractivity contribution in [1.82, 2.24) is 28.7 Å². The maximum Gasteiger partial charge on any atom is 0.329 e. The molecule has 0 aliphatic heterocycles. The smallest absolute Gasteiger partial charge is 0.329 e. The predicted octanol–water partition coefficient (Wildman–Crippen LogP) is 1.96. The molecule has 5 rings (SSSR count). The van der Waals surface area contributed by atoms with Crippen LogP contribution in [-0.4, -0.2) is 42.4 Å². The summed E-state index contributed by atoms with van der Waals surface area (Å²) in [7, 11) is 3.19. The molecule has 0 aliphatic carbocycles. The van der Waals surface area contributed by atoms with Crippen LogP contribution in [0.2, 0.25) is 0 Å². The number of nitrogens with one attached hydrogen (secondary N) is 1. The van der Waals surface area contributed by atoms with Crippen molar-refractivity contribution in [2.75, 3.05) is 13.7 Å². The van der Waals surface area contributed by atoms with E-state index >= 15 is 0 Å². The minimum atomic E-state index is -0.511. The van der Waals surface area contributed by atoms with Crippen molar-refractivity contribution in [3.05, 3.63) is 81.0 Å². The first-order chi connectivity index (χ1) is 16.1. The van der Waals surface area contributed by atoms with Crippen molar-refractivity contribution in [2.24, 2.45) is 7.05 Å². The highest BCUT2D eigenvalue weighted by Gasteiger charge is 2.22. The van der Waals surface area contributed by atoms with Gasteiger partial charge in [-0.1, -0.05) is 30.3 Å². The van der Waals surface area contributed by atoms with Crippen LogP contribution in [0.3, 0.4) is 0 Å². The van der Waals surface area contributed by atoms with E-state index in [4.69, 9.17) is 9.47 Å². The highest BCUT2D eigenvalue weighted by Crippen LogP contribution is 2.26. The number of fused-ring (bicyclic) bond motifs is 3. The highest BCUT2D eigenvalue weighted by atomic mass is 16.5. The summed E-state index contributed by atoms with van der Waals surface area (Å²) in [6, 6.07) is 17.4. The molecule has 3 heterocycles. The molecule has 0 saturated carbocycles. The maximum atomic E-state index is 12.7. The quantitative estimate of drug-likeness (QED) is 0.409. The predicted molar refractivity (Wildman–Crippen MR) is 122 cm³/mol. The van der Waals surface area contributed by atoms with Gasteiger partial charge in [0.25, 0.3) is 5.56 Å². The summed E-state index contributed by atoms with van der Waals surface area (Å²) in [5, 5.41) is 8.67. The zero-order chi connectivity index (χ0) is 22.9. The van der Waals surface area contributed by atoms with Crippen molar-refractivity contribution in [2.45, 2.75) is 13.2 Å². The Bertz CT molecular complexity index is 1540. The molecule has 0 atom stereocenters. The maximum absolute atomic E-state index is 12.7. The average Bonchev–Trinajstić information content (AvgIpc) is 3.40. The molecule has 0 fully saturated rings. The Kier molecular flexibility index (Phi) is 5.27. The second-order valence-corrected chi connectivity index (χ2v) is 7.59. The normalized spacial score (nSPS) is 11.5. The molecular formula is C23H22N6O4. The van der Waals surface area contributed by atoms with Crippen LogP contribution in [0.1, 0.15) is 5.56 Å². The summed E-state index contributed by atoms with van der Waals surface area (Å²) in [6.07, 6.45) is 0. The van der Waals surface area contributed by atoms with Crippen LogP contribution in [0.25, 0.3) is 28.3 Å². The first-order valence-electron chi connectivity index (χ1n) is 10.4. The van der Waals surface area contributed by atoms with E-state index in [1.165, 1.54) is 4.57 Å². The van der Waals surface area contributed by atoms with Crippen LogP contribution in [0.4, 0.5) is 0 Å². The summed E-state index contributed by atoms with van der Waals surface area (Å²) in [5.74, 6) is 1.68. The fraction of sp³-hybridized carbons (Fsp3) is 0.217. The second-order valence-electron chi connectivity index (χ2n) is 7.59. The third-order valence-corrected chi connectivity index (χ3v) is 5.52. The Morgan fingerprint density at radius 3 is 2.48 bits per heavy atom. The van der Waals surface area contributed by atoms with Crippen molar-refractivity contribution in [3.63, 3.8) is 0 Å². The number of aromatic nitrogens is 6. The van der Waals surface area contributed by atoms with Crippen molar-refractivity contribution in [1.29, 1.82) is 0 Å². The minimum Gasteiger partial charge on any atom is -0.489 e. The van der Waals surface area contributed by atoms with Crippen LogP contribution in [0, 0.1) is 0 Å². The van der Waals surface area contributed by atoms with Gasteiger partial charge in [-0.05, 0) is 29.8 Å². The van der Waals surface area contributed by atoms with E-state index in [0.717, 1.165) is 16.9 Å². The van der Waals surface area contributed by atoms with Gasteiger partial charge in [0.1, 0.15) is 12.4 Å². The van der Waals surface area contributed by atoms with E-state index in [0.29, 0.717) is 42.5 Å². The van der Waals surface area contributed by atoms with E-state index in [1.807, 2.05) is 54.6 Å². The van der Waals surface area contributed by atoms with Gasteiger partial charge in [-0.15, -0.1) is 10.2 Å². The lowest BCUT2D eigenvalue weighted by Gasteiger charge is -2.07. The van der Waals surface area contributed by atoms with Gasteiger partial charge >= 0.3 is 5.69 Å². The third-order valence-electron chi connectivity index (χ3n) is 5.52. The van der Waals surface area contributed by atoms with Crippen molar-refractivity contribution >= 4 is 16.9 Å². The molecule has 3 aromatic heterocycles. The van der Waals surface area contributed by atoms with Crippen molar-refractivity contribution in [3.8, 4) is 17.1 Å². The Labute approximate surface area is 187 Å². The number of H-pyrrole nitrogens is 1. The standard InChI is InChI=1S/C23H22N6O4/c1-27-21-18(20(30)24-23(27)31)28(12-13-32-2)22-26-25-19(29(21)22)16-8-10-17(11-9-16)33-14-15-6-4-3-5-7-15/h3-11H,12-14H2,1-2H3,(H,24,30,31). The lowest BCUT2D eigenvalue weighted by atomic mass is 10.2. The van der Waals surface area contributed by atoms with Crippen LogP contribution in [-0.2, 0) is 24.9 Å². The SMILES string of the molecule is COCCn1c2c(=O)[nH]c(=O)n(C)c2n2c(-c3ccc(OCc4ccccc4)cc3)nnc12. The van der Waals surface area contributed by atoms with Crippen molar-refractivity contribution < 1.29 is 9.47 Å². The van der Waals surface area contributed by atoms with Crippen LogP contribution in [0.5, 0.6) is 5.75 Å². The average molecular weight is 446 g/mol. The van der Waals surface area contributed by atoms with Crippen LogP contribution in [0.15, 0.2) is 64.2 Å². The fourth-order valence-electron chi connectivity index (χ4n) is 3.86. The van der Waals surface area contributed by atoms with Gasteiger partial charge in [-0.25, -0.2) is 9.20 Å². The van der Waals surface area contributed by atoms with Gasteiger partial charge in [0.15, 0.2) is 17.0 Å². The molecule has 10 nitrogen and oxygen atoms in total. The zero-order valence-electron chi connectivity index (χ0n) is 18.2.